The number of aryl methyl sites for hydroxylation is 2. The molecule has 2 aliphatic rings. The SMILES string of the molecule is Cl.[2H]C([2H])([2H])N1CCN(CC(=O)N2c3ccccc3NC(=O)c3c2c(C)nn3C)CC1. The highest BCUT2D eigenvalue weighted by Gasteiger charge is 2.34. The zero-order valence-corrected chi connectivity index (χ0v) is 16.6. The number of nitrogens with zero attached hydrogens (tertiary/aromatic N) is 5. The lowest BCUT2D eigenvalue weighted by Crippen LogP contribution is -2.48. The molecule has 9 heteroatoms. The number of para-hydroxylation sites is 2. The van der Waals surface area contributed by atoms with E-state index in [0.717, 1.165) is 0 Å². The van der Waals surface area contributed by atoms with Crippen LogP contribution in [0.25, 0.3) is 0 Å². The summed E-state index contributed by atoms with van der Waals surface area (Å²) >= 11 is 0. The largest absolute Gasteiger partial charge is 0.319 e. The Balaban J connectivity index is 0.00000272. The van der Waals surface area contributed by atoms with Gasteiger partial charge < -0.3 is 10.2 Å². The molecule has 150 valence electrons. The molecule has 1 saturated heterocycles. The second-order valence-electron chi connectivity index (χ2n) is 6.87. The molecule has 0 bridgehead atoms. The fourth-order valence-corrected chi connectivity index (χ4v) is 3.67. The van der Waals surface area contributed by atoms with Gasteiger partial charge in [-0.05, 0) is 26.0 Å². The van der Waals surface area contributed by atoms with Crippen molar-refractivity contribution in [2.75, 3.05) is 49.9 Å². The number of benzene rings is 1. The van der Waals surface area contributed by atoms with Crippen LogP contribution in [-0.4, -0.2) is 71.1 Å². The van der Waals surface area contributed by atoms with E-state index in [-0.39, 0.29) is 30.8 Å². The highest BCUT2D eigenvalue weighted by molar-refractivity contribution is 6.17. The van der Waals surface area contributed by atoms with E-state index in [2.05, 4.69) is 10.4 Å². The highest BCUT2D eigenvalue weighted by Crippen LogP contribution is 2.39. The monoisotopic (exact) mass is 407 g/mol. The van der Waals surface area contributed by atoms with Crippen molar-refractivity contribution in [3.05, 3.63) is 35.7 Å². The lowest BCUT2D eigenvalue weighted by Gasteiger charge is -2.33. The average Bonchev–Trinajstić information content (AvgIpc) is 2.89. The lowest BCUT2D eigenvalue weighted by atomic mass is 10.2. The Bertz CT molecular complexity index is 1000. The first-order valence-electron chi connectivity index (χ1n) is 10.4. The molecular weight excluding hydrogens is 380 g/mol. The second kappa shape index (κ2) is 7.90. The summed E-state index contributed by atoms with van der Waals surface area (Å²) in [5.74, 6) is -0.513. The van der Waals surface area contributed by atoms with Gasteiger partial charge in [-0.25, -0.2) is 0 Å². The summed E-state index contributed by atoms with van der Waals surface area (Å²) in [7, 11) is 1.68. The predicted octanol–water partition coefficient (Wildman–Crippen LogP) is 1.63. The summed E-state index contributed by atoms with van der Waals surface area (Å²) in [4.78, 5) is 31.2. The van der Waals surface area contributed by atoms with Crippen LogP contribution in [0.1, 0.15) is 20.3 Å². The summed E-state index contributed by atoms with van der Waals surface area (Å²) in [6.45, 7) is 1.48. The van der Waals surface area contributed by atoms with Crippen LogP contribution >= 0.6 is 12.4 Å². The Morgan fingerprint density at radius 3 is 2.68 bits per heavy atom. The number of halogens is 1. The third-order valence-electron chi connectivity index (χ3n) is 5.00. The number of fused-ring (bicyclic) bond motifs is 2. The molecule has 1 N–H and O–H groups in total. The summed E-state index contributed by atoms with van der Waals surface area (Å²) in [5, 5.41) is 7.22. The highest BCUT2D eigenvalue weighted by atomic mass is 35.5. The Kier molecular flexibility index (Phi) is 4.67. The van der Waals surface area contributed by atoms with Crippen molar-refractivity contribution in [2.24, 2.45) is 7.05 Å². The van der Waals surface area contributed by atoms with Gasteiger partial charge >= 0.3 is 0 Å². The molecule has 0 saturated carbocycles. The normalized spacial score (nSPS) is 19.3. The maximum Gasteiger partial charge on any atom is 0.276 e. The van der Waals surface area contributed by atoms with E-state index in [1.54, 1.807) is 37.1 Å². The standard InChI is InChI=1S/C19H24N6O2.ClH/c1-13-17-18(23(3)21-13)19(27)20-14-6-4-5-7-15(14)25(17)16(26)12-24-10-8-22(2)9-11-24;/h4-7H,8-12H2,1-3H3,(H,20,27);1H/i2D3;. The maximum absolute atomic E-state index is 13.5. The van der Waals surface area contributed by atoms with Gasteiger partial charge in [0.1, 0.15) is 5.69 Å². The van der Waals surface area contributed by atoms with E-state index in [9.17, 15) is 9.59 Å². The van der Waals surface area contributed by atoms with E-state index >= 15 is 0 Å². The second-order valence-corrected chi connectivity index (χ2v) is 6.87. The van der Waals surface area contributed by atoms with Crippen LogP contribution in [0.2, 0.25) is 0 Å². The molecule has 0 radical (unpaired) electrons. The van der Waals surface area contributed by atoms with Crippen molar-refractivity contribution >= 4 is 41.3 Å². The Morgan fingerprint density at radius 1 is 1.25 bits per heavy atom. The molecule has 1 aromatic heterocycles. The summed E-state index contributed by atoms with van der Waals surface area (Å²) in [6, 6.07) is 7.17. The van der Waals surface area contributed by atoms with Crippen LogP contribution in [0, 0.1) is 6.92 Å². The molecule has 8 nitrogen and oxygen atoms in total. The molecule has 4 rings (SSSR count). The zero-order chi connectivity index (χ0) is 21.6. The number of hydrogen-bond donors (Lipinski definition) is 1. The first-order valence-corrected chi connectivity index (χ1v) is 8.91. The number of rotatable bonds is 2. The van der Waals surface area contributed by atoms with Gasteiger partial charge in [-0.3, -0.25) is 24.1 Å². The Morgan fingerprint density at radius 2 is 1.96 bits per heavy atom. The molecule has 28 heavy (non-hydrogen) atoms. The lowest BCUT2D eigenvalue weighted by molar-refractivity contribution is -0.119. The van der Waals surface area contributed by atoms with Gasteiger partial charge in [0.2, 0.25) is 5.91 Å². The number of carbonyl (C=O) groups is 2. The van der Waals surface area contributed by atoms with Gasteiger partial charge in [0.15, 0.2) is 5.69 Å². The van der Waals surface area contributed by atoms with Crippen molar-refractivity contribution in [3.63, 3.8) is 0 Å². The number of piperazine rings is 1. The Labute approximate surface area is 174 Å². The summed E-state index contributed by atoms with van der Waals surface area (Å²) < 4.78 is 24.1. The third-order valence-corrected chi connectivity index (χ3v) is 5.00. The minimum Gasteiger partial charge on any atom is -0.319 e. The van der Waals surface area contributed by atoms with E-state index in [1.807, 2.05) is 11.0 Å². The summed E-state index contributed by atoms with van der Waals surface area (Å²) in [5.41, 5.74) is 2.53. The van der Waals surface area contributed by atoms with E-state index < -0.39 is 6.98 Å². The van der Waals surface area contributed by atoms with Gasteiger partial charge in [-0.15, -0.1) is 12.4 Å². The molecule has 0 atom stereocenters. The number of likely N-dealkylation sites (N-methyl/N-ethyl adjacent to an activating group) is 1. The van der Waals surface area contributed by atoms with Gasteiger partial charge in [0, 0.05) is 37.3 Å². The molecular formula is C19H25ClN6O2. The predicted molar refractivity (Wildman–Crippen MR) is 111 cm³/mol. The van der Waals surface area contributed by atoms with Crippen molar-refractivity contribution in [2.45, 2.75) is 6.92 Å². The number of hydrogen-bond acceptors (Lipinski definition) is 5. The molecule has 2 aliphatic heterocycles. The smallest absolute Gasteiger partial charge is 0.276 e. The first kappa shape index (κ1) is 16.5. The van der Waals surface area contributed by atoms with Crippen molar-refractivity contribution in [1.29, 1.82) is 0 Å². The molecule has 2 amide bonds. The minimum atomic E-state index is -2.12. The maximum atomic E-state index is 13.5. The molecule has 1 fully saturated rings. The Hall–Kier alpha value is -2.42. The van der Waals surface area contributed by atoms with E-state index in [1.165, 1.54) is 9.58 Å². The molecule has 2 aromatic rings. The van der Waals surface area contributed by atoms with Crippen LogP contribution in [0.5, 0.6) is 0 Å². The number of anilines is 3. The average molecular weight is 408 g/mol. The van der Waals surface area contributed by atoms with Gasteiger partial charge in [-0.2, -0.15) is 5.10 Å². The topological polar surface area (TPSA) is 73.7 Å². The molecule has 0 unspecified atom stereocenters. The van der Waals surface area contributed by atoms with Gasteiger partial charge in [0.05, 0.1) is 23.6 Å². The van der Waals surface area contributed by atoms with Crippen molar-refractivity contribution in [3.8, 4) is 0 Å². The zero-order valence-electron chi connectivity index (χ0n) is 18.8. The minimum absolute atomic E-state index is 0. The number of nitrogens with one attached hydrogen (secondary N) is 1. The van der Waals surface area contributed by atoms with Gasteiger partial charge in [-0.1, -0.05) is 12.1 Å². The molecule has 1 aromatic carbocycles. The van der Waals surface area contributed by atoms with Crippen LogP contribution in [0.15, 0.2) is 24.3 Å². The molecule has 0 aliphatic carbocycles. The number of carbonyl (C=O) groups excluding carboxylic acids is 2. The van der Waals surface area contributed by atoms with Gasteiger partial charge in [0.25, 0.3) is 5.91 Å². The van der Waals surface area contributed by atoms with Crippen LogP contribution in [0.4, 0.5) is 17.1 Å². The number of aromatic nitrogens is 2. The fraction of sp³-hybridized carbons (Fsp3) is 0.421. The van der Waals surface area contributed by atoms with Crippen molar-refractivity contribution in [1.82, 2.24) is 19.6 Å². The van der Waals surface area contributed by atoms with E-state index in [4.69, 9.17) is 4.11 Å². The third kappa shape index (κ3) is 3.50. The van der Waals surface area contributed by atoms with Crippen LogP contribution in [0.3, 0.4) is 0 Å². The first-order chi connectivity index (χ1) is 14.2. The number of amides is 2. The van der Waals surface area contributed by atoms with E-state index in [0.29, 0.717) is 54.6 Å². The molecule has 0 spiro atoms. The fourth-order valence-electron chi connectivity index (χ4n) is 3.67. The van der Waals surface area contributed by atoms with Crippen molar-refractivity contribution < 1.29 is 13.7 Å². The summed E-state index contributed by atoms with van der Waals surface area (Å²) in [6.07, 6.45) is 0. The van der Waals surface area contributed by atoms with Crippen LogP contribution in [-0.2, 0) is 11.8 Å². The van der Waals surface area contributed by atoms with Crippen LogP contribution < -0.4 is 10.2 Å². The molecule has 3 heterocycles. The quantitative estimate of drug-likeness (QED) is 0.819.